The fraction of sp³-hybridized carbons (Fsp3) is 0.643. The van der Waals surface area contributed by atoms with Gasteiger partial charge in [-0.3, -0.25) is 4.79 Å². The van der Waals surface area contributed by atoms with Gasteiger partial charge in [0.2, 0.25) is 0 Å². The SMILES string of the molecule is Cc1cc(OC(F)F)c(C(=O)NCCC2CCCNC2)s1. The van der Waals surface area contributed by atoms with Crippen molar-refractivity contribution in [2.45, 2.75) is 32.8 Å². The summed E-state index contributed by atoms with van der Waals surface area (Å²) in [5, 5.41) is 6.12. The van der Waals surface area contributed by atoms with Crippen LogP contribution in [-0.4, -0.2) is 32.2 Å². The highest BCUT2D eigenvalue weighted by Crippen LogP contribution is 2.30. The Kier molecular flexibility index (Phi) is 5.93. The first-order valence-corrected chi connectivity index (χ1v) is 7.92. The van der Waals surface area contributed by atoms with Crippen molar-refractivity contribution in [3.63, 3.8) is 0 Å². The lowest BCUT2D eigenvalue weighted by Crippen LogP contribution is -2.33. The van der Waals surface area contributed by atoms with Crippen LogP contribution in [0.2, 0.25) is 0 Å². The first kappa shape index (κ1) is 16.2. The van der Waals surface area contributed by atoms with E-state index in [4.69, 9.17) is 0 Å². The van der Waals surface area contributed by atoms with Crippen LogP contribution in [0.4, 0.5) is 8.78 Å². The molecule has 2 rings (SSSR count). The summed E-state index contributed by atoms with van der Waals surface area (Å²) < 4.78 is 29.0. The Morgan fingerprint density at radius 1 is 1.62 bits per heavy atom. The Labute approximate surface area is 126 Å². The Bertz CT molecular complexity index is 474. The third-order valence-electron chi connectivity index (χ3n) is 3.48. The van der Waals surface area contributed by atoms with Crippen molar-refractivity contribution in [3.05, 3.63) is 15.8 Å². The van der Waals surface area contributed by atoms with E-state index in [1.54, 1.807) is 6.92 Å². The van der Waals surface area contributed by atoms with Gasteiger partial charge in [0.1, 0.15) is 10.6 Å². The van der Waals surface area contributed by atoms with E-state index in [1.807, 2.05) is 0 Å². The molecule has 1 aliphatic heterocycles. The van der Waals surface area contributed by atoms with E-state index in [-0.39, 0.29) is 16.5 Å². The number of rotatable bonds is 6. The first-order chi connectivity index (χ1) is 10.1. The molecule has 0 aromatic carbocycles. The third kappa shape index (κ3) is 4.93. The average molecular weight is 318 g/mol. The van der Waals surface area contributed by atoms with Gasteiger partial charge in [0.05, 0.1) is 0 Å². The fourth-order valence-corrected chi connectivity index (χ4v) is 3.33. The summed E-state index contributed by atoms with van der Waals surface area (Å²) in [6.07, 6.45) is 3.23. The van der Waals surface area contributed by atoms with Crippen LogP contribution in [0.5, 0.6) is 5.75 Å². The number of amides is 1. The summed E-state index contributed by atoms with van der Waals surface area (Å²) in [6.45, 7) is 1.43. The molecule has 0 aliphatic carbocycles. The molecule has 1 unspecified atom stereocenters. The highest BCUT2D eigenvalue weighted by Gasteiger charge is 2.19. The van der Waals surface area contributed by atoms with Crippen LogP contribution in [0.25, 0.3) is 0 Å². The number of aryl methyl sites for hydroxylation is 1. The molecule has 4 nitrogen and oxygen atoms in total. The van der Waals surface area contributed by atoms with E-state index in [9.17, 15) is 13.6 Å². The lowest BCUT2D eigenvalue weighted by molar-refractivity contribution is -0.0498. The zero-order valence-electron chi connectivity index (χ0n) is 12.0. The molecule has 0 saturated carbocycles. The van der Waals surface area contributed by atoms with E-state index in [1.165, 1.54) is 23.8 Å². The molecule has 1 aliphatic rings. The maximum Gasteiger partial charge on any atom is 0.387 e. The largest absolute Gasteiger partial charge is 0.433 e. The van der Waals surface area contributed by atoms with Crippen molar-refractivity contribution in [2.24, 2.45) is 5.92 Å². The molecule has 0 spiro atoms. The van der Waals surface area contributed by atoms with Crippen molar-refractivity contribution >= 4 is 17.2 Å². The molecule has 21 heavy (non-hydrogen) atoms. The number of halogens is 2. The van der Waals surface area contributed by atoms with Crippen LogP contribution in [-0.2, 0) is 0 Å². The van der Waals surface area contributed by atoms with Gasteiger partial charge in [-0.2, -0.15) is 8.78 Å². The second kappa shape index (κ2) is 7.70. The van der Waals surface area contributed by atoms with Gasteiger partial charge in [0.25, 0.3) is 5.91 Å². The number of thiophene rings is 1. The van der Waals surface area contributed by atoms with Gasteiger partial charge in [-0.25, -0.2) is 0 Å². The monoisotopic (exact) mass is 318 g/mol. The molecule has 0 radical (unpaired) electrons. The molecule has 1 saturated heterocycles. The minimum absolute atomic E-state index is 0.0377. The Morgan fingerprint density at radius 2 is 2.43 bits per heavy atom. The van der Waals surface area contributed by atoms with Crippen LogP contribution in [0.3, 0.4) is 0 Å². The number of piperidine rings is 1. The summed E-state index contributed by atoms with van der Waals surface area (Å²) in [5.74, 6) is 0.192. The number of ether oxygens (including phenoxy) is 1. The fourth-order valence-electron chi connectivity index (χ4n) is 2.47. The lowest BCUT2D eigenvalue weighted by Gasteiger charge is -2.22. The van der Waals surface area contributed by atoms with Gasteiger partial charge in [-0.15, -0.1) is 11.3 Å². The number of hydrogen-bond acceptors (Lipinski definition) is 4. The van der Waals surface area contributed by atoms with E-state index < -0.39 is 6.61 Å². The summed E-state index contributed by atoms with van der Waals surface area (Å²) in [4.78, 5) is 13.0. The Hall–Kier alpha value is -1.21. The van der Waals surface area contributed by atoms with Gasteiger partial charge < -0.3 is 15.4 Å². The van der Waals surface area contributed by atoms with Crippen molar-refractivity contribution in [3.8, 4) is 5.75 Å². The summed E-state index contributed by atoms with van der Waals surface area (Å²) in [5.41, 5.74) is 0. The highest BCUT2D eigenvalue weighted by atomic mass is 32.1. The van der Waals surface area contributed by atoms with E-state index in [2.05, 4.69) is 15.4 Å². The van der Waals surface area contributed by atoms with E-state index >= 15 is 0 Å². The van der Waals surface area contributed by atoms with Gasteiger partial charge in [-0.05, 0) is 51.3 Å². The van der Waals surface area contributed by atoms with Gasteiger partial charge >= 0.3 is 6.61 Å². The molecule has 1 amide bonds. The standard InChI is InChI=1S/C14H20F2N2O2S/c1-9-7-11(20-14(15)16)12(21-9)13(19)18-6-4-10-3-2-5-17-8-10/h7,10,14,17H,2-6,8H2,1H3,(H,18,19). The molecule has 1 aromatic heterocycles. The molecule has 1 fully saturated rings. The molecule has 2 heterocycles. The number of carbonyl (C=O) groups is 1. The molecule has 0 bridgehead atoms. The van der Waals surface area contributed by atoms with Crippen molar-refractivity contribution in [1.82, 2.24) is 10.6 Å². The number of carbonyl (C=O) groups excluding carboxylic acids is 1. The quantitative estimate of drug-likeness (QED) is 0.848. The normalized spacial score (nSPS) is 18.8. The molecule has 2 N–H and O–H groups in total. The van der Waals surface area contributed by atoms with Crippen molar-refractivity contribution in [2.75, 3.05) is 19.6 Å². The molecular formula is C14H20F2N2O2S. The maximum absolute atomic E-state index is 12.3. The minimum atomic E-state index is -2.92. The Morgan fingerprint density at radius 3 is 3.10 bits per heavy atom. The number of nitrogens with one attached hydrogen (secondary N) is 2. The van der Waals surface area contributed by atoms with Crippen LogP contribution < -0.4 is 15.4 Å². The van der Waals surface area contributed by atoms with Gasteiger partial charge in [0.15, 0.2) is 0 Å². The number of hydrogen-bond donors (Lipinski definition) is 2. The highest BCUT2D eigenvalue weighted by molar-refractivity contribution is 7.14. The summed E-state index contributed by atoms with van der Waals surface area (Å²) in [7, 11) is 0. The van der Waals surface area contributed by atoms with Gasteiger partial charge in [0, 0.05) is 11.4 Å². The van der Waals surface area contributed by atoms with Crippen LogP contribution in [0.1, 0.15) is 33.8 Å². The van der Waals surface area contributed by atoms with Crippen LogP contribution in [0.15, 0.2) is 6.07 Å². The van der Waals surface area contributed by atoms with Gasteiger partial charge in [-0.1, -0.05) is 0 Å². The second-order valence-corrected chi connectivity index (χ2v) is 6.44. The molecular weight excluding hydrogens is 298 g/mol. The maximum atomic E-state index is 12.3. The predicted octanol–water partition coefficient (Wildman–Crippen LogP) is 2.78. The minimum Gasteiger partial charge on any atom is -0.433 e. The Balaban J connectivity index is 1.84. The smallest absolute Gasteiger partial charge is 0.387 e. The summed E-state index contributed by atoms with van der Waals surface area (Å²) >= 11 is 1.17. The lowest BCUT2D eigenvalue weighted by atomic mass is 9.96. The van der Waals surface area contributed by atoms with Crippen molar-refractivity contribution in [1.29, 1.82) is 0 Å². The topological polar surface area (TPSA) is 50.4 Å². The molecule has 1 aromatic rings. The average Bonchev–Trinajstić information content (AvgIpc) is 2.80. The molecule has 1 atom stereocenters. The predicted molar refractivity (Wildman–Crippen MR) is 78.2 cm³/mol. The van der Waals surface area contributed by atoms with Crippen LogP contribution >= 0.6 is 11.3 Å². The zero-order valence-corrected chi connectivity index (χ0v) is 12.8. The van der Waals surface area contributed by atoms with Crippen molar-refractivity contribution < 1.29 is 18.3 Å². The summed E-state index contributed by atoms with van der Waals surface area (Å²) in [6, 6.07) is 1.47. The number of alkyl halides is 2. The van der Waals surface area contributed by atoms with E-state index in [0.29, 0.717) is 12.5 Å². The van der Waals surface area contributed by atoms with E-state index in [0.717, 1.165) is 30.8 Å². The zero-order chi connectivity index (χ0) is 15.2. The van der Waals surface area contributed by atoms with Crippen LogP contribution in [0, 0.1) is 12.8 Å². The third-order valence-corrected chi connectivity index (χ3v) is 4.51. The second-order valence-electron chi connectivity index (χ2n) is 5.19. The first-order valence-electron chi connectivity index (χ1n) is 7.10. The molecule has 118 valence electrons. The molecule has 7 heteroatoms.